The van der Waals surface area contributed by atoms with Crippen molar-refractivity contribution in [3.05, 3.63) is 77.9 Å². The molecule has 29 heavy (non-hydrogen) atoms. The van der Waals surface area contributed by atoms with E-state index in [-0.39, 0.29) is 22.6 Å². The molecule has 2 N–H and O–H groups in total. The van der Waals surface area contributed by atoms with Gasteiger partial charge in [0.15, 0.2) is 0 Å². The van der Waals surface area contributed by atoms with Crippen molar-refractivity contribution in [2.75, 3.05) is 10.0 Å². The van der Waals surface area contributed by atoms with Gasteiger partial charge in [0.05, 0.1) is 10.6 Å². The predicted octanol–water partition coefficient (Wildman–Crippen LogP) is 3.55. The lowest BCUT2D eigenvalue weighted by molar-refractivity contribution is -0.114. The number of carbonyl (C=O) groups is 1. The van der Waals surface area contributed by atoms with E-state index in [0.29, 0.717) is 16.9 Å². The summed E-state index contributed by atoms with van der Waals surface area (Å²) >= 11 is 0. The van der Waals surface area contributed by atoms with Crippen LogP contribution in [0.2, 0.25) is 0 Å². The zero-order chi connectivity index (χ0) is 20.9. The lowest BCUT2D eigenvalue weighted by atomic mass is 10.2. The molecule has 1 amide bonds. The number of nitrogens with one attached hydrogen (secondary N) is 2. The number of halogens is 1. The number of amides is 1. The van der Waals surface area contributed by atoms with Crippen LogP contribution in [0.4, 0.5) is 16.0 Å². The Balaban J connectivity index is 1.77. The van der Waals surface area contributed by atoms with Gasteiger partial charge in [-0.2, -0.15) is 0 Å². The van der Waals surface area contributed by atoms with Crippen molar-refractivity contribution in [2.45, 2.75) is 11.8 Å². The summed E-state index contributed by atoms with van der Waals surface area (Å²) in [7, 11) is -3.92. The number of anilines is 2. The number of hydrogen-bond donors (Lipinski definition) is 2. The minimum absolute atomic E-state index is 0.0116. The molecule has 3 rings (SSSR count). The molecule has 3 aromatic rings. The minimum Gasteiger partial charge on any atom is -0.326 e. The van der Waals surface area contributed by atoms with Crippen LogP contribution in [0, 0.1) is 5.82 Å². The van der Waals surface area contributed by atoms with Gasteiger partial charge >= 0.3 is 0 Å². The van der Waals surface area contributed by atoms with Crippen molar-refractivity contribution in [2.24, 2.45) is 0 Å². The quantitative estimate of drug-likeness (QED) is 0.645. The van der Waals surface area contributed by atoms with E-state index in [1.165, 1.54) is 49.5 Å². The van der Waals surface area contributed by atoms with Gasteiger partial charge in [0.2, 0.25) is 11.9 Å². The monoisotopic (exact) mass is 412 g/mol. The second-order valence-corrected chi connectivity index (χ2v) is 7.65. The summed E-state index contributed by atoms with van der Waals surface area (Å²) < 4.78 is 41.0. The Labute approximate surface area is 167 Å². The van der Waals surface area contributed by atoms with Crippen LogP contribution in [0.5, 0.6) is 0 Å². The van der Waals surface area contributed by atoms with Crippen molar-refractivity contribution < 1.29 is 17.6 Å². The van der Waals surface area contributed by atoms with Crippen LogP contribution in [0.15, 0.2) is 65.7 Å². The van der Waals surface area contributed by atoms with Gasteiger partial charge in [-0.3, -0.25) is 4.79 Å². The van der Waals surface area contributed by atoms with E-state index in [1.807, 2.05) is 0 Å². The van der Waals surface area contributed by atoms with E-state index < -0.39 is 10.0 Å². The fourth-order valence-corrected chi connectivity index (χ4v) is 3.35. The lowest BCUT2D eigenvalue weighted by Gasteiger charge is -2.08. The molecule has 0 radical (unpaired) electrons. The molecule has 0 saturated heterocycles. The van der Waals surface area contributed by atoms with E-state index in [2.05, 4.69) is 20.0 Å². The van der Waals surface area contributed by atoms with Gasteiger partial charge in [-0.05, 0) is 48.6 Å². The predicted molar refractivity (Wildman–Crippen MR) is 109 cm³/mol. The molecule has 0 unspecified atom stereocenters. The molecule has 1 aromatic heterocycles. The molecule has 0 aliphatic rings. The summed E-state index contributed by atoms with van der Waals surface area (Å²) in [5.41, 5.74) is 1.27. The molecule has 0 aliphatic carbocycles. The third kappa shape index (κ3) is 5.45. The Kier molecular flexibility index (Phi) is 5.99. The van der Waals surface area contributed by atoms with Gasteiger partial charge in [0, 0.05) is 24.4 Å². The smallest absolute Gasteiger partial charge is 0.264 e. The molecule has 0 spiro atoms. The summed E-state index contributed by atoms with van der Waals surface area (Å²) in [5.74, 6) is -0.750. The van der Waals surface area contributed by atoms with Crippen molar-refractivity contribution in [3.8, 4) is 0 Å². The molecular formula is C20H17FN4O3S. The summed E-state index contributed by atoms with van der Waals surface area (Å²) in [6.07, 6.45) is 4.49. The van der Waals surface area contributed by atoms with Gasteiger partial charge in [0.1, 0.15) is 5.82 Å². The zero-order valence-electron chi connectivity index (χ0n) is 15.3. The Bertz CT molecular complexity index is 1160. The fraction of sp³-hybridized carbons (Fsp3) is 0.0500. The Morgan fingerprint density at radius 1 is 1.03 bits per heavy atom. The van der Waals surface area contributed by atoms with Crippen molar-refractivity contribution >= 4 is 39.7 Å². The molecule has 0 bridgehead atoms. The highest BCUT2D eigenvalue weighted by Gasteiger charge is 2.15. The van der Waals surface area contributed by atoms with Gasteiger partial charge in [-0.25, -0.2) is 27.5 Å². The van der Waals surface area contributed by atoms with Gasteiger partial charge in [-0.1, -0.05) is 18.2 Å². The molecule has 148 valence electrons. The number of nitrogens with zero attached hydrogens (tertiary/aromatic N) is 2. The number of carbonyl (C=O) groups excluding carboxylic acids is 1. The number of rotatable bonds is 6. The maximum absolute atomic E-state index is 13.7. The van der Waals surface area contributed by atoms with Crippen LogP contribution >= 0.6 is 0 Å². The SMILES string of the molecule is CC(=O)Nc1ccc(S(=O)(=O)Nc2nccc(/C=C/c3ccccc3F)n2)cc1. The second kappa shape index (κ2) is 8.61. The van der Waals surface area contributed by atoms with Crippen LogP contribution in [-0.4, -0.2) is 24.3 Å². The molecule has 9 heteroatoms. The van der Waals surface area contributed by atoms with Gasteiger partial charge < -0.3 is 5.32 Å². The molecule has 1 heterocycles. The Morgan fingerprint density at radius 3 is 2.45 bits per heavy atom. The highest BCUT2D eigenvalue weighted by atomic mass is 32.2. The van der Waals surface area contributed by atoms with Crippen LogP contribution < -0.4 is 10.0 Å². The molecule has 7 nitrogen and oxygen atoms in total. The highest BCUT2D eigenvalue weighted by Crippen LogP contribution is 2.17. The highest BCUT2D eigenvalue weighted by molar-refractivity contribution is 7.92. The maximum atomic E-state index is 13.7. The van der Waals surface area contributed by atoms with Crippen molar-refractivity contribution in [1.29, 1.82) is 0 Å². The van der Waals surface area contributed by atoms with E-state index >= 15 is 0 Å². The number of hydrogen-bond acceptors (Lipinski definition) is 5. The Morgan fingerprint density at radius 2 is 1.76 bits per heavy atom. The van der Waals surface area contributed by atoms with Crippen molar-refractivity contribution in [1.82, 2.24) is 9.97 Å². The summed E-state index contributed by atoms with van der Waals surface area (Å²) in [5, 5.41) is 2.56. The van der Waals surface area contributed by atoms with Gasteiger partial charge in [0.25, 0.3) is 10.0 Å². The molecular weight excluding hydrogens is 395 g/mol. The summed E-state index contributed by atoms with van der Waals surface area (Å²) in [6.45, 7) is 1.36. The minimum atomic E-state index is -3.92. The van der Waals surface area contributed by atoms with Crippen LogP contribution in [0.3, 0.4) is 0 Å². The molecule has 0 fully saturated rings. The first-order valence-corrected chi connectivity index (χ1v) is 9.98. The average molecular weight is 412 g/mol. The number of aromatic nitrogens is 2. The van der Waals surface area contributed by atoms with E-state index in [4.69, 9.17) is 0 Å². The van der Waals surface area contributed by atoms with Crippen LogP contribution in [0.25, 0.3) is 12.2 Å². The average Bonchev–Trinajstić information content (AvgIpc) is 2.67. The lowest BCUT2D eigenvalue weighted by Crippen LogP contribution is -2.15. The van der Waals surface area contributed by atoms with E-state index in [1.54, 1.807) is 30.3 Å². The number of sulfonamides is 1. The molecule has 0 atom stereocenters. The van der Waals surface area contributed by atoms with Crippen LogP contribution in [-0.2, 0) is 14.8 Å². The first-order valence-electron chi connectivity index (χ1n) is 8.50. The van der Waals surface area contributed by atoms with E-state index in [0.717, 1.165) is 0 Å². The zero-order valence-corrected chi connectivity index (χ0v) is 16.2. The first-order chi connectivity index (χ1) is 13.8. The molecule has 0 saturated carbocycles. The van der Waals surface area contributed by atoms with Gasteiger partial charge in [-0.15, -0.1) is 0 Å². The normalized spacial score (nSPS) is 11.4. The third-order valence-corrected chi connectivity index (χ3v) is 5.07. The Hall–Kier alpha value is -3.59. The molecule has 2 aromatic carbocycles. The topological polar surface area (TPSA) is 101 Å². The fourth-order valence-electron chi connectivity index (χ4n) is 2.40. The first kappa shape index (κ1) is 20.2. The summed E-state index contributed by atoms with van der Waals surface area (Å²) in [4.78, 5) is 19.1. The third-order valence-electron chi connectivity index (χ3n) is 3.73. The van der Waals surface area contributed by atoms with Crippen molar-refractivity contribution in [3.63, 3.8) is 0 Å². The number of benzene rings is 2. The standard InChI is InChI=1S/C20H17FN4O3S/c1-14(26)23-16-8-10-18(11-9-16)29(27,28)25-20-22-13-12-17(24-20)7-6-15-4-2-3-5-19(15)21/h2-13H,1H3,(H,23,26)(H,22,24,25)/b7-6+. The second-order valence-electron chi connectivity index (χ2n) is 5.97. The molecule has 0 aliphatic heterocycles. The van der Waals surface area contributed by atoms with Crippen LogP contribution in [0.1, 0.15) is 18.2 Å². The largest absolute Gasteiger partial charge is 0.326 e. The maximum Gasteiger partial charge on any atom is 0.264 e. The van der Waals surface area contributed by atoms with E-state index in [9.17, 15) is 17.6 Å². The summed E-state index contributed by atoms with van der Waals surface area (Å²) in [6, 6.07) is 13.5.